The van der Waals surface area contributed by atoms with Crippen molar-refractivity contribution in [3.63, 3.8) is 0 Å². The third-order valence-electron chi connectivity index (χ3n) is 5.74. The molecule has 1 N–H and O–H groups in total. The minimum Gasteiger partial charge on any atom is -0.466 e. The Morgan fingerprint density at radius 3 is 2.35 bits per heavy atom. The molecule has 3 rings (SSSR count). The standard InChI is InChI=1S/C18H29NO/c1-13-12-17(15(3)20-13)14(2)19-16-6-10-18(11-7-16)8-4-5-9-18/h12,14,16,19H,4-11H2,1-3H3. The summed E-state index contributed by atoms with van der Waals surface area (Å²) in [4.78, 5) is 0. The molecule has 2 heteroatoms. The molecule has 1 atom stereocenters. The Bertz CT molecular complexity index is 446. The number of aryl methyl sites for hydroxylation is 2. The van der Waals surface area contributed by atoms with Crippen molar-refractivity contribution >= 4 is 0 Å². The fourth-order valence-electron chi connectivity index (χ4n) is 4.55. The molecule has 1 spiro atoms. The predicted molar refractivity (Wildman–Crippen MR) is 82.9 cm³/mol. The molecule has 2 saturated carbocycles. The average Bonchev–Trinajstić information content (AvgIpc) is 3.00. The minimum atomic E-state index is 0.412. The lowest BCUT2D eigenvalue weighted by molar-refractivity contribution is 0.163. The Morgan fingerprint density at radius 1 is 1.15 bits per heavy atom. The van der Waals surface area contributed by atoms with Gasteiger partial charge < -0.3 is 9.73 Å². The van der Waals surface area contributed by atoms with Gasteiger partial charge in [-0.15, -0.1) is 0 Å². The van der Waals surface area contributed by atoms with E-state index in [2.05, 4.69) is 25.2 Å². The number of hydrogen-bond acceptors (Lipinski definition) is 2. The maximum atomic E-state index is 5.66. The summed E-state index contributed by atoms with van der Waals surface area (Å²) in [7, 11) is 0. The summed E-state index contributed by atoms with van der Waals surface area (Å²) < 4.78 is 5.66. The van der Waals surface area contributed by atoms with Crippen molar-refractivity contribution in [3.05, 3.63) is 23.2 Å². The Balaban J connectivity index is 1.55. The van der Waals surface area contributed by atoms with E-state index < -0.39 is 0 Å². The molecule has 0 bridgehead atoms. The maximum absolute atomic E-state index is 5.66. The third kappa shape index (κ3) is 2.81. The van der Waals surface area contributed by atoms with Crippen molar-refractivity contribution < 1.29 is 4.42 Å². The first-order valence-corrected chi connectivity index (χ1v) is 8.41. The summed E-state index contributed by atoms with van der Waals surface area (Å²) in [5.74, 6) is 2.10. The van der Waals surface area contributed by atoms with E-state index in [4.69, 9.17) is 4.42 Å². The summed E-state index contributed by atoms with van der Waals surface area (Å²) in [5.41, 5.74) is 2.08. The largest absolute Gasteiger partial charge is 0.466 e. The molecule has 112 valence electrons. The highest BCUT2D eigenvalue weighted by atomic mass is 16.3. The number of rotatable bonds is 3. The first-order valence-electron chi connectivity index (χ1n) is 8.41. The summed E-state index contributed by atoms with van der Waals surface area (Å²) in [6.45, 7) is 6.39. The molecule has 2 fully saturated rings. The smallest absolute Gasteiger partial charge is 0.105 e. The average molecular weight is 275 g/mol. The van der Waals surface area contributed by atoms with E-state index in [1.54, 1.807) is 0 Å². The van der Waals surface area contributed by atoms with Gasteiger partial charge in [0, 0.05) is 17.6 Å². The Hall–Kier alpha value is -0.760. The van der Waals surface area contributed by atoms with Crippen LogP contribution in [0.1, 0.15) is 81.4 Å². The van der Waals surface area contributed by atoms with Gasteiger partial charge in [0.15, 0.2) is 0 Å². The molecule has 1 unspecified atom stereocenters. The SMILES string of the molecule is Cc1cc(C(C)NC2CCC3(CCCC3)CC2)c(C)o1. The lowest BCUT2D eigenvalue weighted by atomic mass is 9.71. The molecule has 1 aromatic rings. The van der Waals surface area contributed by atoms with Gasteiger partial charge in [0.25, 0.3) is 0 Å². The van der Waals surface area contributed by atoms with Gasteiger partial charge in [-0.25, -0.2) is 0 Å². The Labute approximate surface area is 123 Å². The van der Waals surface area contributed by atoms with E-state index in [9.17, 15) is 0 Å². The van der Waals surface area contributed by atoms with Crippen LogP contribution in [0.3, 0.4) is 0 Å². The first kappa shape index (κ1) is 14.2. The minimum absolute atomic E-state index is 0.412. The van der Waals surface area contributed by atoms with Gasteiger partial charge in [0.05, 0.1) is 0 Å². The van der Waals surface area contributed by atoms with Crippen molar-refractivity contribution in [1.29, 1.82) is 0 Å². The normalized spacial score (nSPS) is 24.4. The van der Waals surface area contributed by atoms with Crippen LogP contribution in [0.4, 0.5) is 0 Å². The van der Waals surface area contributed by atoms with E-state index in [1.165, 1.54) is 56.9 Å². The zero-order valence-corrected chi connectivity index (χ0v) is 13.3. The molecule has 0 aromatic carbocycles. The van der Waals surface area contributed by atoms with Crippen LogP contribution in [0.15, 0.2) is 10.5 Å². The van der Waals surface area contributed by atoms with Crippen LogP contribution in [0.5, 0.6) is 0 Å². The second-order valence-electron chi connectivity index (χ2n) is 7.24. The molecular weight excluding hydrogens is 246 g/mol. The predicted octanol–water partition coefficient (Wildman–Crippen LogP) is 5.05. The molecular formula is C18H29NO. The molecule has 0 amide bonds. The van der Waals surface area contributed by atoms with Gasteiger partial charge in [0.1, 0.15) is 11.5 Å². The van der Waals surface area contributed by atoms with Crippen LogP contribution < -0.4 is 5.32 Å². The zero-order chi connectivity index (χ0) is 14.2. The van der Waals surface area contributed by atoms with E-state index in [-0.39, 0.29) is 0 Å². The summed E-state index contributed by atoms with van der Waals surface area (Å²) in [6.07, 6.45) is 11.6. The molecule has 20 heavy (non-hydrogen) atoms. The van der Waals surface area contributed by atoms with E-state index >= 15 is 0 Å². The lowest BCUT2D eigenvalue weighted by Crippen LogP contribution is -2.38. The summed E-state index contributed by atoms with van der Waals surface area (Å²) in [6, 6.07) is 3.30. The number of hydrogen-bond donors (Lipinski definition) is 1. The van der Waals surface area contributed by atoms with Crippen molar-refractivity contribution in [2.24, 2.45) is 5.41 Å². The van der Waals surface area contributed by atoms with Crippen molar-refractivity contribution in [3.8, 4) is 0 Å². The zero-order valence-electron chi connectivity index (χ0n) is 13.3. The molecule has 0 aliphatic heterocycles. The molecule has 0 saturated heterocycles. The van der Waals surface area contributed by atoms with Gasteiger partial charge >= 0.3 is 0 Å². The molecule has 2 nitrogen and oxygen atoms in total. The lowest BCUT2D eigenvalue weighted by Gasteiger charge is -2.38. The van der Waals surface area contributed by atoms with Crippen molar-refractivity contribution in [1.82, 2.24) is 5.32 Å². The maximum Gasteiger partial charge on any atom is 0.105 e. The van der Waals surface area contributed by atoms with Crippen LogP contribution in [0.25, 0.3) is 0 Å². The Kier molecular flexibility index (Phi) is 3.94. The molecule has 2 aliphatic rings. The first-order chi connectivity index (χ1) is 9.58. The van der Waals surface area contributed by atoms with Gasteiger partial charge in [-0.1, -0.05) is 12.8 Å². The second kappa shape index (κ2) is 5.55. The van der Waals surface area contributed by atoms with Gasteiger partial charge in [0.2, 0.25) is 0 Å². The van der Waals surface area contributed by atoms with Crippen molar-refractivity contribution in [2.75, 3.05) is 0 Å². The number of furan rings is 1. The van der Waals surface area contributed by atoms with Crippen LogP contribution in [-0.4, -0.2) is 6.04 Å². The highest BCUT2D eigenvalue weighted by Gasteiger charge is 2.37. The topological polar surface area (TPSA) is 25.2 Å². The van der Waals surface area contributed by atoms with Gasteiger partial charge in [-0.3, -0.25) is 0 Å². The molecule has 1 aromatic heterocycles. The van der Waals surface area contributed by atoms with Gasteiger partial charge in [-0.2, -0.15) is 0 Å². The third-order valence-corrected chi connectivity index (χ3v) is 5.74. The van der Waals surface area contributed by atoms with Crippen LogP contribution in [0, 0.1) is 19.3 Å². The fraction of sp³-hybridized carbons (Fsp3) is 0.778. The van der Waals surface area contributed by atoms with Crippen LogP contribution >= 0.6 is 0 Å². The highest BCUT2D eigenvalue weighted by molar-refractivity contribution is 5.23. The van der Waals surface area contributed by atoms with Crippen molar-refractivity contribution in [2.45, 2.75) is 84.2 Å². The molecule has 2 aliphatic carbocycles. The van der Waals surface area contributed by atoms with Crippen LogP contribution in [-0.2, 0) is 0 Å². The molecule has 0 radical (unpaired) electrons. The summed E-state index contributed by atoms with van der Waals surface area (Å²) in [5, 5.41) is 3.84. The second-order valence-corrected chi connectivity index (χ2v) is 7.24. The summed E-state index contributed by atoms with van der Waals surface area (Å²) >= 11 is 0. The van der Waals surface area contributed by atoms with Gasteiger partial charge in [-0.05, 0) is 70.8 Å². The van der Waals surface area contributed by atoms with Crippen LogP contribution in [0.2, 0.25) is 0 Å². The quantitative estimate of drug-likeness (QED) is 0.835. The van der Waals surface area contributed by atoms with E-state index in [0.717, 1.165) is 16.9 Å². The Morgan fingerprint density at radius 2 is 1.80 bits per heavy atom. The number of nitrogens with one attached hydrogen (secondary N) is 1. The highest BCUT2D eigenvalue weighted by Crippen LogP contribution is 2.49. The van der Waals surface area contributed by atoms with E-state index in [0.29, 0.717) is 12.1 Å². The molecule has 1 heterocycles. The monoisotopic (exact) mass is 275 g/mol. The van der Waals surface area contributed by atoms with E-state index in [1.807, 2.05) is 6.92 Å². The fourth-order valence-corrected chi connectivity index (χ4v) is 4.55.